The van der Waals surface area contributed by atoms with Crippen molar-refractivity contribution in [3.05, 3.63) is 23.8 Å². The molecular formula is C16H22N2O4. The lowest BCUT2D eigenvalue weighted by molar-refractivity contribution is -0.0169. The molecule has 0 atom stereocenters. The van der Waals surface area contributed by atoms with Crippen LogP contribution in [0, 0.1) is 0 Å². The number of hydrogen-bond acceptors (Lipinski definition) is 4. The van der Waals surface area contributed by atoms with Crippen molar-refractivity contribution in [1.29, 1.82) is 0 Å². The van der Waals surface area contributed by atoms with Gasteiger partial charge in [-0.2, -0.15) is 0 Å². The predicted molar refractivity (Wildman–Crippen MR) is 81.0 cm³/mol. The lowest BCUT2D eigenvalue weighted by Gasteiger charge is -2.38. The van der Waals surface area contributed by atoms with E-state index >= 15 is 0 Å². The molecule has 22 heavy (non-hydrogen) atoms. The number of urea groups is 1. The van der Waals surface area contributed by atoms with Gasteiger partial charge in [0.1, 0.15) is 0 Å². The van der Waals surface area contributed by atoms with Crippen LogP contribution in [0.15, 0.2) is 18.2 Å². The zero-order valence-electron chi connectivity index (χ0n) is 12.8. The van der Waals surface area contributed by atoms with Crippen molar-refractivity contribution in [1.82, 2.24) is 10.2 Å². The summed E-state index contributed by atoms with van der Waals surface area (Å²) < 4.78 is 10.7. The van der Waals surface area contributed by atoms with E-state index in [2.05, 4.69) is 5.32 Å². The van der Waals surface area contributed by atoms with Gasteiger partial charge in [-0.1, -0.05) is 13.0 Å². The summed E-state index contributed by atoms with van der Waals surface area (Å²) in [6.07, 6.45) is 1.96. The van der Waals surface area contributed by atoms with Crippen LogP contribution in [0.4, 0.5) is 4.79 Å². The summed E-state index contributed by atoms with van der Waals surface area (Å²) in [5.74, 6) is 1.39. The molecule has 2 N–H and O–H groups in total. The second kappa shape index (κ2) is 6.04. The second-order valence-corrected chi connectivity index (χ2v) is 5.82. The van der Waals surface area contributed by atoms with E-state index in [1.165, 1.54) is 0 Å². The highest BCUT2D eigenvalue weighted by Gasteiger charge is 2.36. The van der Waals surface area contributed by atoms with Crippen molar-refractivity contribution < 1.29 is 19.4 Å². The van der Waals surface area contributed by atoms with Crippen LogP contribution in [0.1, 0.15) is 31.7 Å². The van der Waals surface area contributed by atoms with E-state index in [4.69, 9.17) is 9.47 Å². The SMILES string of the molecule is CCCNC(=O)N1CCC(O)(c2ccc3c(c2)OCO3)CC1. The Hall–Kier alpha value is -1.95. The fourth-order valence-electron chi connectivity index (χ4n) is 2.90. The van der Waals surface area contributed by atoms with Crippen LogP contribution in [0.3, 0.4) is 0 Å². The molecule has 3 rings (SSSR count). The molecule has 0 unspecified atom stereocenters. The molecule has 1 saturated heterocycles. The van der Waals surface area contributed by atoms with E-state index in [-0.39, 0.29) is 12.8 Å². The number of aliphatic hydroxyl groups is 1. The fourth-order valence-corrected chi connectivity index (χ4v) is 2.90. The monoisotopic (exact) mass is 306 g/mol. The number of ether oxygens (including phenoxy) is 2. The number of fused-ring (bicyclic) bond motifs is 1. The van der Waals surface area contributed by atoms with Gasteiger partial charge < -0.3 is 24.8 Å². The summed E-state index contributed by atoms with van der Waals surface area (Å²) in [5, 5.41) is 13.8. The largest absolute Gasteiger partial charge is 0.454 e. The number of hydrogen-bond donors (Lipinski definition) is 2. The zero-order chi connectivity index (χ0) is 15.6. The van der Waals surface area contributed by atoms with E-state index in [9.17, 15) is 9.90 Å². The molecular weight excluding hydrogens is 284 g/mol. The molecule has 2 aliphatic heterocycles. The number of benzene rings is 1. The third-order valence-electron chi connectivity index (χ3n) is 4.31. The molecule has 0 radical (unpaired) electrons. The summed E-state index contributed by atoms with van der Waals surface area (Å²) in [7, 11) is 0. The molecule has 0 saturated carbocycles. The Morgan fingerprint density at radius 1 is 1.32 bits per heavy atom. The molecule has 1 aromatic rings. The van der Waals surface area contributed by atoms with Crippen molar-refractivity contribution in [2.75, 3.05) is 26.4 Å². The van der Waals surface area contributed by atoms with Crippen molar-refractivity contribution in [2.45, 2.75) is 31.8 Å². The van der Waals surface area contributed by atoms with Gasteiger partial charge >= 0.3 is 6.03 Å². The Balaban J connectivity index is 1.65. The quantitative estimate of drug-likeness (QED) is 0.893. The number of nitrogens with zero attached hydrogens (tertiary/aromatic N) is 1. The van der Waals surface area contributed by atoms with Gasteiger partial charge in [0.2, 0.25) is 6.79 Å². The van der Waals surface area contributed by atoms with Crippen LogP contribution in [-0.4, -0.2) is 42.5 Å². The molecule has 2 aliphatic rings. The van der Waals surface area contributed by atoms with Crippen molar-refractivity contribution in [3.63, 3.8) is 0 Å². The van der Waals surface area contributed by atoms with Gasteiger partial charge in [-0.05, 0) is 37.0 Å². The molecule has 1 fully saturated rings. The van der Waals surface area contributed by atoms with Crippen molar-refractivity contribution in [3.8, 4) is 11.5 Å². The van der Waals surface area contributed by atoms with Gasteiger partial charge in [0.05, 0.1) is 5.60 Å². The van der Waals surface area contributed by atoms with Crippen LogP contribution in [0.25, 0.3) is 0 Å². The van der Waals surface area contributed by atoms with E-state index in [1.54, 1.807) is 4.90 Å². The lowest BCUT2D eigenvalue weighted by atomic mass is 9.84. The van der Waals surface area contributed by atoms with Gasteiger partial charge in [0.15, 0.2) is 11.5 Å². The minimum Gasteiger partial charge on any atom is -0.454 e. The molecule has 0 bridgehead atoms. The average molecular weight is 306 g/mol. The molecule has 2 amide bonds. The average Bonchev–Trinajstić information content (AvgIpc) is 3.01. The highest BCUT2D eigenvalue weighted by atomic mass is 16.7. The molecule has 0 spiro atoms. The summed E-state index contributed by atoms with van der Waals surface area (Å²) in [6.45, 7) is 4.01. The predicted octanol–water partition coefficient (Wildman–Crippen LogP) is 1.82. The van der Waals surface area contributed by atoms with Gasteiger partial charge in [-0.25, -0.2) is 4.79 Å². The Morgan fingerprint density at radius 3 is 2.77 bits per heavy atom. The van der Waals surface area contributed by atoms with Gasteiger partial charge in [0.25, 0.3) is 0 Å². The number of piperidine rings is 1. The molecule has 0 aromatic heterocycles. The second-order valence-electron chi connectivity index (χ2n) is 5.82. The molecule has 0 aliphatic carbocycles. The summed E-state index contributed by atoms with van der Waals surface area (Å²) >= 11 is 0. The number of nitrogens with one attached hydrogen (secondary N) is 1. The van der Waals surface area contributed by atoms with Crippen LogP contribution in [0.2, 0.25) is 0 Å². The standard InChI is InChI=1S/C16H22N2O4/c1-2-7-17-15(19)18-8-5-16(20,6-9-18)12-3-4-13-14(10-12)22-11-21-13/h3-4,10,20H,2,5-9,11H2,1H3,(H,17,19). The maximum absolute atomic E-state index is 12.0. The first kappa shape index (κ1) is 15.0. The third-order valence-corrected chi connectivity index (χ3v) is 4.31. The van der Waals surface area contributed by atoms with Gasteiger partial charge in [-0.15, -0.1) is 0 Å². The lowest BCUT2D eigenvalue weighted by Crippen LogP contribution is -2.48. The maximum atomic E-state index is 12.0. The first-order valence-electron chi connectivity index (χ1n) is 7.78. The zero-order valence-corrected chi connectivity index (χ0v) is 12.8. The molecule has 2 heterocycles. The van der Waals surface area contributed by atoms with Gasteiger partial charge in [-0.3, -0.25) is 0 Å². The number of rotatable bonds is 3. The topological polar surface area (TPSA) is 71.0 Å². The minimum atomic E-state index is -0.914. The Kier molecular flexibility index (Phi) is 4.11. The number of amides is 2. The Bertz CT molecular complexity index is 553. The van der Waals surface area contributed by atoms with E-state index in [0.29, 0.717) is 44.0 Å². The van der Waals surface area contributed by atoms with Gasteiger partial charge in [0, 0.05) is 19.6 Å². The van der Waals surface area contributed by atoms with Crippen LogP contribution < -0.4 is 14.8 Å². The van der Waals surface area contributed by atoms with E-state index < -0.39 is 5.60 Å². The first-order valence-corrected chi connectivity index (χ1v) is 7.78. The highest BCUT2D eigenvalue weighted by Crippen LogP contribution is 2.39. The number of likely N-dealkylation sites (tertiary alicyclic amines) is 1. The summed E-state index contributed by atoms with van der Waals surface area (Å²) in [5.41, 5.74) is -0.0898. The third kappa shape index (κ3) is 2.83. The first-order chi connectivity index (χ1) is 10.6. The maximum Gasteiger partial charge on any atom is 0.317 e. The van der Waals surface area contributed by atoms with Crippen molar-refractivity contribution in [2.24, 2.45) is 0 Å². The number of carbonyl (C=O) groups excluding carboxylic acids is 1. The highest BCUT2D eigenvalue weighted by molar-refractivity contribution is 5.74. The van der Waals surface area contributed by atoms with Crippen molar-refractivity contribution >= 4 is 6.03 Å². The van der Waals surface area contributed by atoms with E-state index in [1.807, 2.05) is 25.1 Å². The molecule has 6 nitrogen and oxygen atoms in total. The smallest absolute Gasteiger partial charge is 0.317 e. The fraction of sp³-hybridized carbons (Fsp3) is 0.562. The Morgan fingerprint density at radius 2 is 2.05 bits per heavy atom. The normalized spacial score (nSPS) is 19.1. The molecule has 6 heteroatoms. The van der Waals surface area contributed by atoms with E-state index in [0.717, 1.165) is 12.0 Å². The van der Waals surface area contributed by atoms with Crippen LogP contribution >= 0.6 is 0 Å². The Labute approximate surface area is 130 Å². The minimum absolute atomic E-state index is 0.0467. The van der Waals surface area contributed by atoms with Crippen LogP contribution in [0.5, 0.6) is 11.5 Å². The molecule has 120 valence electrons. The molecule has 1 aromatic carbocycles. The summed E-state index contributed by atoms with van der Waals surface area (Å²) in [6, 6.07) is 5.50. The number of carbonyl (C=O) groups is 1. The van der Waals surface area contributed by atoms with Crippen LogP contribution in [-0.2, 0) is 5.60 Å². The summed E-state index contributed by atoms with van der Waals surface area (Å²) in [4.78, 5) is 13.7.